The number of rotatable bonds is 6. The smallest absolute Gasteiger partial charge is 0.218 e. The highest BCUT2D eigenvalue weighted by Crippen LogP contribution is 2.40. The van der Waals surface area contributed by atoms with E-state index in [1.165, 1.54) is 0 Å². The lowest BCUT2D eigenvalue weighted by atomic mass is 10.1. The summed E-state index contributed by atoms with van der Waals surface area (Å²) in [5.74, 6) is 0.677. The molecule has 0 unspecified atom stereocenters. The fraction of sp³-hybridized carbons (Fsp3) is 0.227. The summed E-state index contributed by atoms with van der Waals surface area (Å²) in [5.41, 5.74) is 4.44. The molecule has 29 heavy (non-hydrogen) atoms. The number of nitrogens with zero attached hydrogens (tertiary/aromatic N) is 4. The van der Waals surface area contributed by atoms with Crippen molar-refractivity contribution in [3.8, 4) is 28.1 Å². The third kappa shape index (κ3) is 4.58. The minimum absolute atomic E-state index is 0.381. The van der Waals surface area contributed by atoms with Gasteiger partial charge in [-0.3, -0.25) is 0 Å². The van der Waals surface area contributed by atoms with Gasteiger partial charge in [-0.05, 0) is 50.1 Å². The van der Waals surface area contributed by atoms with Gasteiger partial charge in [0.15, 0.2) is 0 Å². The number of hydrogen-bond donors (Lipinski definition) is 0. The van der Waals surface area contributed by atoms with Gasteiger partial charge in [0, 0.05) is 30.7 Å². The summed E-state index contributed by atoms with van der Waals surface area (Å²) in [7, 11) is 1.98. The molecule has 3 rings (SSSR count). The quantitative estimate of drug-likeness (QED) is 0.341. The van der Waals surface area contributed by atoms with Gasteiger partial charge in [-0.25, -0.2) is 4.99 Å². The summed E-state index contributed by atoms with van der Waals surface area (Å²) >= 11 is 7.43. The summed E-state index contributed by atoms with van der Waals surface area (Å²) in [5, 5.41) is 10.7. The number of aliphatic imine (C=N–C) groups is 1. The number of aromatic nitrogens is 1. The van der Waals surface area contributed by atoms with Gasteiger partial charge in [0.2, 0.25) is 5.06 Å². The molecule has 0 N–H and O–H groups in total. The first kappa shape index (κ1) is 20.8. The molecule has 0 spiro atoms. The first-order valence-electron chi connectivity index (χ1n) is 9.12. The van der Waals surface area contributed by atoms with Crippen LogP contribution in [0, 0.1) is 25.2 Å². The second-order valence-electron chi connectivity index (χ2n) is 6.61. The van der Waals surface area contributed by atoms with Crippen LogP contribution in [0.4, 0.5) is 5.69 Å². The van der Waals surface area contributed by atoms with Crippen LogP contribution in [0.2, 0.25) is 5.02 Å². The zero-order valence-electron chi connectivity index (χ0n) is 16.7. The van der Waals surface area contributed by atoms with Gasteiger partial charge in [-0.1, -0.05) is 29.8 Å². The van der Waals surface area contributed by atoms with Crippen molar-refractivity contribution in [2.75, 3.05) is 13.6 Å². The van der Waals surface area contributed by atoms with Gasteiger partial charge >= 0.3 is 0 Å². The van der Waals surface area contributed by atoms with Crippen LogP contribution < -0.4 is 4.74 Å². The molecule has 0 fully saturated rings. The van der Waals surface area contributed by atoms with Crippen molar-refractivity contribution in [3.05, 3.63) is 58.1 Å². The Bertz CT molecular complexity index is 1100. The van der Waals surface area contributed by atoms with E-state index in [-0.39, 0.29) is 0 Å². The molecule has 0 saturated carbocycles. The molecule has 0 aliphatic heterocycles. The molecule has 0 atom stereocenters. The predicted molar refractivity (Wildman–Crippen MR) is 120 cm³/mol. The topological polar surface area (TPSA) is 61.5 Å². The second-order valence-corrected chi connectivity index (χ2v) is 7.75. The molecule has 3 aromatic rings. The summed E-state index contributed by atoms with van der Waals surface area (Å²) < 4.78 is 10.5. The standard InChI is InChI=1S/C22H21ClN4OS/c1-5-27(4)13-25-19-10-15(3)20(11-14(19)2)28-22-17(12-24)21(26-29-22)16-8-6-7-9-18(16)23/h6-11,13H,5H2,1-4H3/b25-13-. The maximum Gasteiger partial charge on any atom is 0.218 e. The third-order valence-electron chi connectivity index (χ3n) is 4.49. The normalized spacial score (nSPS) is 10.9. The molecule has 0 radical (unpaired) electrons. The van der Waals surface area contributed by atoms with Gasteiger partial charge in [-0.2, -0.15) is 9.64 Å². The fourth-order valence-corrected chi connectivity index (χ4v) is 3.60. The summed E-state index contributed by atoms with van der Waals surface area (Å²) in [6.45, 7) is 6.90. The summed E-state index contributed by atoms with van der Waals surface area (Å²) in [6, 6.07) is 13.5. The highest BCUT2D eigenvalue weighted by molar-refractivity contribution is 7.08. The van der Waals surface area contributed by atoms with Crippen LogP contribution in [0.15, 0.2) is 41.4 Å². The van der Waals surface area contributed by atoms with Crippen LogP contribution in [0.25, 0.3) is 11.3 Å². The van der Waals surface area contributed by atoms with Crippen LogP contribution in [0.1, 0.15) is 23.6 Å². The Balaban J connectivity index is 1.93. The first-order valence-corrected chi connectivity index (χ1v) is 10.3. The Morgan fingerprint density at radius 2 is 2.03 bits per heavy atom. The molecule has 5 nitrogen and oxygen atoms in total. The van der Waals surface area contributed by atoms with Crippen LogP contribution in [0.3, 0.4) is 0 Å². The Morgan fingerprint density at radius 3 is 2.72 bits per heavy atom. The first-order chi connectivity index (χ1) is 13.9. The van der Waals surface area contributed by atoms with Crippen LogP contribution in [-0.2, 0) is 0 Å². The molecule has 148 valence electrons. The van der Waals surface area contributed by atoms with Crippen molar-refractivity contribution in [3.63, 3.8) is 0 Å². The van der Waals surface area contributed by atoms with E-state index in [2.05, 4.69) is 22.4 Å². The molecule has 1 aromatic heterocycles. The average Bonchev–Trinajstić information content (AvgIpc) is 3.11. The van der Waals surface area contributed by atoms with Gasteiger partial charge < -0.3 is 9.64 Å². The third-order valence-corrected chi connectivity index (χ3v) is 5.55. The van der Waals surface area contributed by atoms with Crippen molar-refractivity contribution in [2.45, 2.75) is 20.8 Å². The highest BCUT2D eigenvalue weighted by Gasteiger charge is 2.20. The van der Waals surface area contributed by atoms with Crippen molar-refractivity contribution < 1.29 is 4.74 Å². The Kier molecular flexibility index (Phi) is 6.53. The van der Waals surface area contributed by atoms with Crippen molar-refractivity contribution in [2.24, 2.45) is 4.99 Å². The maximum atomic E-state index is 9.70. The van der Waals surface area contributed by atoms with E-state index in [1.807, 2.05) is 62.5 Å². The van der Waals surface area contributed by atoms with Crippen molar-refractivity contribution in [1.29, 1.82) is 5.26 Å². The lowest BCUT2D eigenvalue weighted by Crippen LogP contribution is -2.14. The molecule has 0 bridgehead atoms. The fourth-order valence-electron chi connectivity index (χ4n) is 2.65. The monoisotopic (exact) mass is 424 g/mol. The number of nitriles is 1. The predicted octanol–water partition coefficient (Wildman–Crippen LogP) is 6.36. The Morgan fingerprint density at radius 1 is 1.28 bits per heavy atom. The van der Waals surface area contributed by atoms with Gasteiger partial charge in [0.05, 0.1) is 17.0 Å². The largest absolute Gasteiger partial charge is 0.443 e. The lowest BCUT2D eigenvalue weighted by molar-refractivity contribution is 0.491. The number of benzene rings is 2. The Hall–Kier alpha value is -2.88. The van der Waals surface area contributed by atoms with Gasteiger partial charge in [0.25, 0.3) is 0 Å². The molecule has 0 aliphatic carbocycles. The number of aryl methyl sites for hydroxylation is 2. The number of ether oxygens (including phenoxy) is 1. The van der Waals surface area contributed by atoms with E-state index >= 15 is 0 Å². The highest BCUT2D eigenvalue weighted by atomic mass is 35.5. The molecular formula is C22H21ClN4OS. The molecule has 0 aliphatic rings. The molecular weight excluding hydrogens is 404 g/mol. The second kappa shape index (κ2) is 9.08. The molecule has 2 aromatic carbocycles. The summed E-state index contributed by atoms with van der Waals surface area (Å²) in [6.07, 6.45) is 1.81. The van der Waals surface area contributed by atoms with E-state index < -0.39 is 0 Å². The molecule has 1 heterocycles. The maximum absolute atomic E-state index is 9.70. The zero-order chi connectivity index (χ0) is 21.0. The molecule has 0 saturated heterocycles. The van der Waals surface area contributed by atoms with Crippen LogP contribution in [-0.4, -0.2) is 29.2 Å². The molecule has 7 heteroatoms. The number of hydrogen-bond acceptors (Lipinski definition) is 5. The number of halogens is 1. The van der Waals surface area contributed by atoms with E-state index in [0.29, 0.717) is 27.1 Å². The van der Waals surface area contributed by atoms with Crippen molar-refractivity contribution in [1.82, 2.24) is 9.27 Å². The van der Waals surface area contributed by atoms with Crippen LogP contribution >= 0.6 is 23.1 Å². The SMILES string of the molecule is CCN(C)/C=N\c1cc(C)c(Oc2snc(-c3ccccc3Cl)c2C#N)cc1C. The van der Waals surface area contributed by atoms with E-state index in [4.69, 9.17) is 16.3 Å². The van der Waals surface area contributed by atoms with E-state index in [9.17, 15) is 5.26 Å². The minimum atomic E-state index is 0.381. The van der Waals surface area contributed by atoms with Gasteiger partial charge in [0.1, 0.15) is 23.1 Å². The summed E-state index contributed by atoms with van der Waals surface area (Å²) in [4.78, 5) is 6.55. The minimum Gasteiger partial charge on any atom is -0.443 e. The zero-order valence-corrected chi connectivity index (χ0v) is 18.3. The van der Waals surface area contributed by atoms with E-state index in [1.54, 1.807) is 6.07 Å². The Labute approximate surface area is 180 Å². The molecule has 0 amide bonds. The van der Waals surface area contributed by atoms with Gasteiger partial charge in [-0.15, -0.1) is 0 Å². The van der Waals surface area contributed by atoms with E-state index in [0.717, 1.165) is 40.5 Å². The van der Waals surface area contributed by atoms with Crippen LogP contribution in [0.5, 0.6) is 10.8 Å². The van der Waals surface area contributed by atoms with Crippen molar-refractivity contribution >= 4 is 35.2 Å². The lowest BCUT2D eigenvalue weighted by Gasteiger charge is -2.12. The average molecular weight is 425 g/mol.